The molecule has 2 aromatic heterocycles. The van der Waals surface area contributed by atoms with E-state index in [9.17, 15) is 4.79 Å². The van der Waals surface area contributed by atoms with Gasteiger partial charge in [0.25, 0.3) is 0 Å². The summed E-state index contributed by atoms with van der Waals surface area (Å²) in [5.74, 6) is 0.919. The number of alkyl halides is 1. The minimum absolute atomic E-state index is 0.138. The molecule has 0 saturated carbocycles. The van der Waals surface area contributed by atoms with Crippen LogP contribution < -0.4 is 10.1 Å². The summed E-state index contributed by atoms with van der Waals surface area (Å²) in [6.45, 7) is 0. The van der Waals surface area contributed by atoms with E-state index in [1.54, 1.807) is 11.8 Å². The molecule has 3 nitrogen and oxygen atoms in total. The van der Waals surface area contributed by atoms with E-state index in [-0.39, 0.29) is 11.6 Å². The van der Waals surface area contributed by atoms with E-state index in [1.165, 1.54) is 28.8 Å². The van der Waals surface area contributed by atoms with Gasteiger partial charge in [-0.1, -0.05) is 75.8 Å². The number of aromatic nitrogens is 2. The van der Waals surface area contributed by atoms with Crippen LogP contribution in [0, 0.1) is 0 Å². The molecule has 2 aromatic carbocycles. The predicted octanol–water partition coefficient (Wildman–Crippen LogP) is 5.68. The molecule has 0 fully saturated rings. The first-order valence-corrected chi connectivity index (χ1v) is 13.5. The third-order valence-corrected chi connectivity index (χ3v) is 10.0. The highest BCUT2D eigenvalue weighted by Gasteiger charge is 2.41. The van der Waals surface area contributed by atoms with Crippen LogP contribution in [0.25, 0.3) is 15.9 Å². The summed E-state index contributed by atoms with van der Waals surface area (Å²) >= 11 is 7.62. The van der Waals surface area contributed by atoms with Gasteiger partial charge in [-0.2, -0.15) is 4.57 Å². The topological polar surface area (TPSA) is 25.9 Å². The summed E-state index contributed by atoms with van der Waals surface area (Å²) in [6.07, 6.45) is 4.50. The first kappa shape index (κ1) is 19.8. The Labute approximate surface area is 197 Å². The fraction of sp³-hybridized carbons (Fsp3) is 0.280. The molecule has 31 heavy (non-hydrogen) atoms. The zero-order valence-corrected chi connectivity index (χ0v) is 20.2. The smallest absolute Gasteiger partial charge is 0.240 e. The number of nitrogens with zero attached hydrogens (tertiary/aromatic N) is 2. The van der Waals surface area contributed by atoms with Crippen LogP contribution in [-0.4, -0.2) is 15.1 Å². The number of benzene rings is 2. The highest BCUT2D eigenvalue weighted by molar-refractivity contribution is 9.09. The number of hydrogen-bond donors (Lipinski definition) is 0. The molecule has 156 valence electrons. The minimum Gasteiger partial charge on any atom is -0.240 e. The van der Waals surface area contributed by atoms with E-state index in [4.69, 9.17) is 0 Å². The van der Waals surface area contributed by atoms with Gasteiger partial charge in [-0.05, 0) is 60.7 Å². The number of fused-ring (bicyclic) bond motifs is 5. The summed E-state index contributed by atoms with van der Waals surface area (Å²) in [6, 6.07) is 21.0. The number of para-hydroxylation sites is 1. The molecule has 0 radical (unpaired) electrons. The average Bonchev–Trinajstić information content (AvgIpc) is 3.21. The monoisotopic (exact) mass is 509 g/mol. The zero-order valence-electron chi connectivity index (χ0n) is 17.0. The SMILES string of the molecule is O=c1c2c3c(sc2[n+]2c(n1-c1ccccc1)SC[C@@H](Br)[C@H]2c1ccccc1)CCCC3. The molecule has 1 aliphatic carbocycles. The molecule has 2 aliphatic rings. The third kappa shape index (κ3) is 3.14. The maximum Gasteiger partial charge on any atom is 0.352 e. The van der Waals surface area contributed by atoms with Crippen molar-refractivity contribution in [3.63, 3.8) is 0 Å². The number of aryl methyl sites for hydroxylation is 2. The van der Waals surface area contributed by atoms with Gasteiger partial charge < -0.3 is 0 Å². The molecule has 0 unspecified atom stereocenters. The van der Waals surface area contributed by atoms with Crippen molar-refractivity contribution < 1.29 is 4.57 Å². The number of rotatable bonds is 2. The molecule has 6 heteroatoms. The van der Waals surface area contributed by atoms with Crippen LogP contribution in [0.2, 0.25) is 0 Å². The first-order valence-electron chi connectivity index (χ1n) is 10.8. The van der Waals surface area contributed by atoms with Gasteiger partial charge in [-0.25, -0.2) is 9.36 Å². The first-order chi connectivity index (χ1) is 15.2. The Morgan fingerprint density at radius 2 is 1.68 bits per heavy atom. The molecule has 0 amide bonds. The van der Waals surface area contributed by atoms with E-state index in [2.05, 4.69) is 50.8 Å². The van der Waals surface area contributed by atoms with Crippen LogP contribution in [0.3, 0.4) is 0 Å². The molecule has 0 spiro atoms. The highest BCUT2D eigenvalue weighted by atomic mass is 79.9. The second-order valence-electron chi connectivity index (χ2n) is 8.20. The van der Waals surface area contributed by atoms with Crippen molar-refractivity contribution in [3.8, 4) is 5.69 Å². The minimum atomic E-state index is 0.138. The summed E-state index contributed by atoms with van der Waals surface area (Å²) < 4.78 is 4.42. The van der Waals surface area contributed by atoms with Crippen molar-refractivity contribution in [1.82, 2.24) is 4.57 Å². The Kier molecular flexibility index (Phi) is 5.04. The van der Waals surface area contributed by atoms with Crippen LogP contribution in [-0.2, 0) is 12.8 Å². The van der Waals surface area contributed by atoms with Gasteiger partial charge in [-0.15, -0.1) is 0 Å². The average molecular weight is 511 g/mol. The van der Waals surface area contributed by atoms with Gasteiger partial charge in [0.2, 0.25) is 0 Å². The second-order valence-corrected chi connectivity index (χ2v) is 11.4. The molecule has 1 aliphatic heterocycles. The Balaban J connectivity index is 1.75. The standard InChI is InChI=1S/C25H22BrN2OS2/c26-19-15-30-25-27(17-11-5-2-6-12-17)23(29)21-18-13-7-8-14-20(18)31-24(21)28(25)22(19)16-9-3-1-4-10-16/h1-6,9-12,19,22H,7-8,13-15H2/q+1/t19-,22-/m1/s1. The fourth-order valence-corrected chi connectivity index (χ4v) is 8.50. The van der Waals surface area contributed by atoms with E-state index in [1.807, 2.05) is 46.2 Å². The number of halogens is 1. The van der Waals surface area contributed by atoms with Gasteiger partial charge in [0.15, 0.2) is 4.83 Å². The lowest BCUT2D eigenvalue weighted by atomic mass is 9.97. The van der Waals surface area contributed by atoms with Gasteiger partial charge in [-0.3, -0.25) is 0 Å². The van der Waals surface area contributed by atoms with Crippen molar-refractivity contribution in [2.75, 3.05) is 5.75 Å². The second kappa shape index (κ2) is 7.91. The lowest BCUT2D eigenvalue weighted by Gasteiger charge is -2.28. The molecule has 0 saturated heterocycles. The van der Waals surface area contributed by atoms with Crippen molar-refractivity contribution in [2.45, 2.75) is 41.7 Å². The molecule has 6 rings (SSSR count). The van der Waals surface area contributed by atoms with Crippen LogP contribution in [0.5, 0.6) is 0 Å². The fourth-order valence-electron chi connectivity index (χ4n) is 4.93. The number of hydrogen-bond acceptors (Lipinski definition) is 3. The Morgan fingerprint density at radius 3 is 2.45 bits per heavy atom. The van der Waals surface area contributed by atoms with Crippen LogP contribution in [0.15, 0.2) is 70.6 Å². The van der Waals surface area contributed by atoms with Gasteiger partial charge in [0, 0.05) is 10.6 Å². The van der Waals surface area contributed by atoms with Gasteiger partial charge in [0.05, 0.1) is 4.83 Å². The van der Waals surface area contributed by atoms with Crippen LogP contribution >= 0.6 is 39.0 Å². The number of thioether (sulfide) groups is 1. The Bertz CT molecular complexity index is 1330. The van der Waals surface area contributed by atoms with E-state index in [0.717, 1.165) is 39.7 Å². The Hall–Kier alpha value is -1.89. The largest absolute Gasteiger partial charge is 0.352 e. The van der Waals surface area contributed by atoms with Crippen LogP contribution in [0.1, 0.15) is 34.9 Å². The lowest BCUT2D eigenvalue weighted by molar-refractivity contribution is -0.728. The summed E-state index contributed by atoms with van der Waals surface area (Å²) in [5, 5.41) is 1.97. The van der Waals surface area contributed by atoms with E-state index < -0.39 is 0 Å². The predicted molar refractivity (Wildman–Crippen MR) is 132 cm³/mol. The maximum atomic E-state index is 14.0. The summed E-state index contributed by atoms with van der Waals surface area (Å²) in [5.41, 5.74) is 3.66. The number of thiophene rings is 1. The van der Waals surface area contributed by atoms with Crippen molar-refractivity contribution in [2.24, 2.45) is 0 Å². The quantitative estimate of drug-likeness (QED) is 0.197. The third-order valence-electron chi connectivity index (χ3n) is 6.33. The zero-order chi connectivity index (χ0) is 20.9. The van der Waals surface area contributed by atoms with Crippen LogP contribution in [0.4, 0.5) is 0 Å². The maximum absolute atomic E-state index is 14.0. The van der Waals surface area contributed by atoms with Crippen molar-refractivity contribution in [1.29, 1.82) is 0 Å². The normalized spacial score (nSPS) is 20.4. The van der Waals surface area contributed by atoms with E-state index >= 15 is 0 Å². The lowest BCUT2D eigenvalue weighted by Crippen LogP contribution is -2.54. The Morgan fingerprint density at radius 1 is 0.968 bits per heavy atom. The molecular weight excluding hydrogens is 488 g/mol. The molecule has 2 atom stereocenters. The van der Waals surface area contributed by atoms with Gasteiger partial charge in [0.1, 0.15) is 17.1 Å². The van der Waals surface area contributed by atoms with Crippen molar-refractivity contribution >= 4 is 49.2 Å². The highest BCUT2D eigenvalue weighted by Crippen LogP contribution is 2.40. The molecule has 4 aromatic rings. The van der Waals surface area contributed by atoms with Crippen molar-refractivity contribution in [3.05, 3.63) is 87.0 Å². The molecule has 0 N–H and O–H groups in total. The molecular formula is C25H22BrN2OS2+. The van der Waals surface area contributed by atoms with Gasteiger partial charge >= 0.3 is 10.7 Å². The molecule has 0 bridgehead atoms. The van der Waals surface area contributed by atoms with E-state index in [0.29, 0.717) is 4.83 Å². The molecule has 3 heterocycles. The summed E-state index contributed by atoms with van der Waals surface area (Å²) in [4.78, 5) is 16.8. The summed E-state index contributed by atoms with van der Waals surface area (Å²) in [7, 11) is 0.